The van der Waals surface area contributed by atoms with Crippen molar-refractivity contribution in [1.29, 1.82) is 0 Å². The van der Waals surface area contributed by atoms with Crippen LogP contribution >= 0.6 is 0 Å². The number of amides is 1. The summed E-state index contributed by atoms with van der Waals surface area (Å²) in [4.78, 5) is 14.1. The van der Waals surface area contributed by atoms with Crippen LogP contribution in [-0.4, -0.2) is 34.9 Å². The largest absolute Gasteiger partial charge is 0.409 e. The molecule has 1 atom stereocenters. The SMILES string of the molecule is CCC(CC)C(=O)N1CCCC(C(N)=NO)C1. The van der Waals surface area contributed by atoms with Gasteiger partial charge in [-0.25, -0.2) is 0 Å². The maximum absolute atomic E-state index is 12.2. The molecule has 1 rings (SSSR count). The van der Waals surface area contributed by atoms with Crippen LogP contribution in [0.4, 0.5) is 0 Å². The van der Waals surface area contributed by atoms with Gasteiger partial charge in [-0.2, -0.15) is 0 Å². The molecular weight excluding hydrogens is 218 g/mol. The van der Waals surface area contributed by atoms with Gasteiger partial charge < -0.3 is 15.8 Å². The Hall–Kier alpha value is -1.26. The lowest BCUT2D eigenvalue weighted by molar-refractivity contribution is -0.137. The summed E-state index contributed by atoms with van der Waals surface area (Å²) in [5, 5.41) is 11.7. The third-order valence-corrected chi connectivity index (χ3v) is 3.60. The molecule has 0 aromatic rings. The van der Waals surface area contributed by atoms with Crippen LogP contribution in [0, 0.1) is 11.8 Å². The number of carbonyl (C=O) groups excluding carboxylic acids is 1. The Bertz CT molecular complexity index is 287. The first kappa shape index (κ1) is 13.8. The second kappa shape index (κ2) is 6.47. The number of hydrogen-bond acceptors (Lipinski definition) is 3. The fourth-order valence-corrected chi connectivity index (χ4v) is 2.40. The van der Waals surface area contributed by atoms with E-state index in [4.69, 9.17) is 10.9 Å². The van der Waals surface area contributed by atoms with Gasteiger partial charge in [0, 0.05) is 24.9 Å². The molecule has 17 heavy (non-hydrogen) atoms. The summed E-state index contributed by atoms with van der Waals surface area (Å²) in [6, 6.07) is 0. The van der Waals surface area contributed by atoms with Gasteiger partial charge in [0.25, 0.3) is 0 Å². The molecule has 0 aromatic carbocycles. The number of rotatable bonds is 4. The fourth-order valence-electron chi connectivity index (χ4n) is 2.40. The number of piperidine rings is 1. The Morgan fingerprint density at radius 3 is 2.71 bits per heavy atom. The van der Waals surface area contributed by atoms with E-state index in [2.05, 4.69) is 5.16 Å². The van der Waals surface area contributed by atoms with Gasteiger partial charge >= 0.3 is 0 Å². The van der Waals surface area contributed by atoms with Crippen molar-refractivity contribution in [3.05, 3.63) is 0 Å². The molecule has 1 fully saturated rings. The molecule has 0 aliphatic carbocycles. The van der Waals surface area contributed by atoms with E-state index >= 15 is 0 Å². The van der Waals surface area contributed by atoms with E-state index in [0.29, 0.717) is 6.54 Å². The first-order chi connectivity index (χ1) is 8.13. The summed E-state index contributed by atoms with van der Waals surface area (Å²) in [6.07, 6.45) is 3.56. The molecular formula is C12H23N3O2. The molecule has 0 aromatic heterocycles. The highest BCUT2D eigenvalue weighted by molar-refractivity contribution is 5.84. The number of nitrogens with two attached hydrogens (primary N) is 1. The van der Waals surface area contributed by atoms with Crippen molar-refractivity contribution in [2.75, 3.05) is 13.1 Å². The molecule has 0 spiro atoms. The standard InChI is InChI=1S/C12H23N3O2/c1-3-9(4-2)12(16)15-7-5-6-10(8-15)11(13)14-17/h9-10,17H,3-8H2,1-2H3,(H2,13,14). The van der Waals surface area contributed by atoms with Crippen LogP contribution in [0.1, 0.15) is 39.5 Å². The van der Waals surface area contributed by atoms with Crippen molar-refractivity contribution >= 4 is 11.7 Å². The van der Waals surface area contributed by atoms with Gasteiger partial charge in [-0.15, -0.1) is 0 Å². The average Bonchev–Trinajstić information content (AvgIpc) is 2.39. The minimum absolute atomic E-state index is 0.00654. The van der Waals surface area contributed by atoms with Crippen LogP contribution in [0.25, 0.3) is 0 Å². The number of likely N-dealkylation sites (tertiary alicyclic amines) is 1. The molecule has 1 unspecified atom stereocenters. The summed E-state index contributed by atoms with van der Waals surface area (Å²) in [5.41, 5.74) is 5.61. The van der Waals surface area contributed by atoms with Gasteiger partial charge in [0.15, 0.2) is 0 Å². The second-order valence-electron chi connectivity index (χ2n) is 4.66. The minimum atomic E-state index is 0.00654. The Labute approximate surface area is 103 Å². The van der Waals surface area contributed by atoms with E-state index < -0.39 is 0 Å². The molecule has 0 saturated carbocycles. The van der Waals surface area contributed by atoms with Gasteiger partial charge in [-0.1, -0.05) is 19.0 Å². The zero-order valence-corrected chi connectivity index (χ0v) is 10.7. The quantitative estimate of drug-likeness (QED) is 0.338. The summed E-state index contributed by atoms with van der Waals surface area (Å²) < 4.78 is 0. The number of oxime groups is 1. The first-order valence-corrected chi connectivity index (χ1v) is 6.40. The van der Waals surface area contributed by atoms with Gasteiger partial charge in [0.1, 0.15) is 5.84 Å². The fraction of sp³-hybridized carbons (Fsp3) is 0.833. The van der Waals surface area contributed by atoms with Crippen LogP contribution in [0.2, 0.25) is 0 Å². The second-order valence-corrected chi connectivity index (χ2v) is 4.66. The maximum Gasteiger partial charge on any atom is 0.225 e. The van der Waals surface area contributed by atoms with Gasteiger partial charge in [-0.3, -0.25) is 4.79 Å². The van der Waals surface area contributed by atoms with E-state index in [1.54, 1.807) is 0 Å². The van der Waals surface area contributed by atoms with E-state index in [1.165, 1.54) is 0 Å². The van der Waals surface area contributed by atoms with Gasteiger partial charge in [0.2, 0.25) is 5.91 Å². The van der Waals surface area contributed by atoms with Crippen LogP contribution in [-0.2, 0) is 4.79 Å². The smallest absolute Gasteiger partial charge is 0.225 e. The Morgan fingerprint density at radius 1 is 1.53 bits per heavy atom. The molecule has 1 aliphatic heterocycles. The average molecular weight is 241 g/mol. The number of nitrogens with zero attached hydrogens (tertiary/aromatic N) is 2. The Morgan fingerprint density at radius 2 is 2.18 bits per heavy atom. The zero-order chi connectivity index (χ0) is 12.8. The predicted molar refractivity (Wildman–Crippen MR) is 66.8 cm³/mol. The lowest BCUT2D eigenvalue weighted by Crippen LogP contribution is -2.46. The van der Waals surface area contributed by atoms with Crippen molar-refractivity contribution in [1.82, 2.24) is 4.90 Å². The number of hydrogen-bond donors (Lipinski definition) is 2. The highest BCUT2D eigenvalue weighted by atomic mass is 16.4. The van der Waals surface area contributed by atoms with Gasteiger partial charge in [0.05, 0.1) is 0 Å². The number of carbonyl (C=O) groups is 1. The summed E-state index contributed by atoms with van der Waals surface area (Å²) >= 11 is 0. The number of amidine groups is 1. The van der Waals surface area contributed by atoms with Crippen molar-refractivity contribution in [2.24, 2.45) is 22.7 Å². The molecule has 0 radical (unpaired) electrons. The summed E-state index contributed by atoms with van der Waals surface area (Å²) in [7, 11) is 0. The van der Waals surface area contributed by atoms with Gasteiger partial charge in [-0.05, 0) is 25.7 Å². The van der Waals surface area contributed by atoms with Crippen molar-refractivity contribution in [2.45, 2.75) is 39.5 Å². The molecule has 3 N–H and O–H groups in total. The molecule has 1 saturated heterocycles. The topological polar surface area (TPSA) is 78.9 Å². The van der Waals surface area contributed by atoms with Crippen LogP contribution < -0.4 is 5.73 Å². The molecule has 0 bridgehead atoms. The molecule has 5 nitrogen and oxygen atoms in total. The Balaban J connectivity index is 2.63. The zero-order valence-electron chi connectivity index (χ0n) is 10.7. The summed E-state index contributed by atoms with van der Waals surface area (Å²) in [5.74, 6) is 0.575. The van der Waals surface area contributed by atoms with Crippen LogP contribution in [0.3, 0.4) is 0 Å². The highest BCUT2D eigenvalue weighted by Gasteiger charge is 2.28. The highest BCUT2D eigenvalue weighted by Crippen LogP contribution is 2.20. The first-order valence-electron chi connectivity index (χ1n) is 6.40. The molecule has 98 valence electrons. The third-order valence-electron chi connectivity index (χ3n) is 3.60. The summed E-state index contributed by atoms with van der Waals surface area (Å²) in [6.45, 7) is 5.46. The lowest BCUT2D eigenvalue weighted by atomic mass is 9.94. The molecule has 1 amide bonds. The van der Waals surface area contributed by atoms with E-state index in [-0.39, 0.29) is 23.6 Å². The van der Waals surface area contributed by atoms with Crippen molar-refractivity contribution < 1.29 is 10.0 Å². The molecule has 1 heterocycles. The van der Waals surface area contributed by atoms with E-state index in [0.717, 1.165) is 32.2 Å². The minimum Gasteiger partial charge on any atom is -0.409 e. The Kier molecular flexibility index (Phi) is 5.25. The van der Waals surface area contributed by atoms with E-state index in [9.17, 15) is 4.79 Å². The normalized spacial score (nSPS) is 21.9. The lowest BCUT2D eigenvalue weighted by Gasteiger charge is -2.34. The van der Waals surface area contributed by atoms with E-state index in [1.807, 2.05) is 18.7 Å². The molecule has 1 aliphatic rings. The predicted octanol–water partition coefficient (Wildman–Crippen LogP) is 1.41. The maximum atomic E-state index is 12.2. The third kappa shape index (κ3) is 3.35. The monoisotopic (exact) mass is 241 g/mol. The van der Waals surface area contributed by atoms with Crippen LogP contribution in [0.5, 0.6) is 0 Å². The van der Waals surface area contributed by atoms with Crippen molar-refractivity contribution in [3.8, 4) is 0 Å². The molecule has 5 heteroatoms. The van der Waals surface area contributed by atoms with Crippen LogP contribution in [0.15, 0.2) is 5.16 Å². The van der Waals surface area contributed by atoms with Crippen molar-refractivity contribution in [3.63, 3.8) is 0 Å².